The molecule has 0 amide bonds. The van der Waals surface area contributed by atoms with E-state index in [9.17, 15) is 0 Å². The van der Waals surface area contributed by atoms with Crippen LogP contribution in [0.25, 0.3) is 0 Å². The molecular formula is C15H22N2OS. The third-order valence-corrected chi connectivity index (χ3v) is 4.02. The van der Waals surface area contributed by atoms with Crippen LogP contribution in [0.15, 0.2) is 24.3 Å². The van der Waals surface area contributed by atoms with Crippen molar-refractivity contribution in [1.82, 2.24) is 4.90 Å². The lowest BCUT2D eigenvalue weighted by atomic mass is 9.95. The summed E-state index contributed by atoms with van der Waals surface area (Å²) in [5.74, 6) is 0.648. The van der Waals surface area contributed by atoms with Gasteiger partial charge in [-0.1, -0.05) is 36.5 Å². The average Bonchev–Trinajstić information content (AvgIpc) is 2.40. The van der Waals surface area contributed by atoms with Crippen molar-refractivity contribution >= 4 is 17.2 Å². The highest BCUT2D eigenvalue weighted by molar-refractivity contribution is 7.80. The fourth-order valence-corrected chi connectivity index (χ4v) is 2.88. The van der Waals surface area contributed by atoms with E-state index in [2.05, 4.69) is 17.0 Å². The summed E-state index contributed by atoms with van der Waals surface area (Å²) in [5, 5.41) is 9.03. The molecule has 1 aliphatic heterocycles. The number of nitrogens with two attached hydrogens (primary N) is 1. The van der Waals surface area contributed by atoms with E-state index in [0.29, 0.717) is 17.5 Å². The van der Waals surface area contributed by atoms with Crippen molar-refractivity contribution in [3.8, 4) is 0 Å². The number of benzene rings is 1. The number of aliphatic hydroxyl groups excluding tert-OH is 1. The summed E-state index contributed by atoms with van der Waals surface area (Å²) in [4.78, 5) is 2.92. The van der Waals surface area contributed by atoms with Crippen LogP contribution in [-0.2, 0) is 6.54 Å². The van der Waals surface area contributed by atoms with Crippen LogP contribution in [0.3, 0.4) is 0 Å². The smallest absolute Gasteiger partial charge is 0.103 e. The van der Waals surface area contributed by atoms with Gasteiger partial charge in [0, 0.05) is 25.3 Å². The van der Waals surface area contributed by atoms with Crippen LogP contribution >= 0.6 is 12.2 Å². The highest BCUT2D eigenvalue weighted by Gasteiger charge is 2.19. The van der Waals surface area contributed by atoms with Crippen LogP contribution in [-0.4, -0.2) is 34.7 Å². The molecule has 1 saturated heterocycles. The van der Waals surface area contributed by atoms with Crippen LogP contribution in [0.4, 0.5) is 0 Å². The van der Waals surface area contributed by atoms with Crippen molar-refractivity contribution in [3.05, 3.63) is 35.4 Å². The van der Waals surface area contributed by atoms with Crippen molar-refractivity contribution < 1.29 is 5.11 Å². The van der Waals surface area contributed by atoms with E-state index in [4.69, 9.17) is 23.1 Å². The SMILES string of the molecule is NC(=S)c1ccc(CN2CCCC(CCO)C2)cc1. The maximum absolute atomic E-state index is 9.03. The van der Waals surface area contributed by atoms with Crippen LogP contribution in [0.5, 0.6) is 0 Å². The molecule has 4 heteroatoms. The van der Waals surface area contributed by atoms with Crippen LogP contribution in [0.2, 0.25) is 0 Å². The monoisotopic (exact) mass is 278 g/mol. The molecule has 0 radical (unpaired) electrons. The summed E-state index contributed by atoms with van der Waals surface area (Å²) in [6, 6.07) is 8.19. The van der Waals surface area contributed by atoms with E-state index in [1.54, 1.807) is 0 Å². The molecule has 1 aromatic carbocycles. The molecule has 0 aliphatic carbocycles. The Morgan fingerprint density at radius 3 is 2.74 bits per heavy atom. The maximum Gasteiger partial charge on any atom is 0.103 e. The number of hydrogen-bond donors (Lipinski definition) is 2. The summed E-state index contributed by atoms with van der Waals surface area (Å²) in [6.45, 7) is 3.53. The van der Waals surface area contributed by atoms with Gasteiger partial charge in [0.15, 0.2) is 0 Å². The van der Waals surface area contributed by atoms with Gasteiger partial charge in [0.1, 0.15) is 4.99 Å². The number of hydrogen-bond acceptors (Lipinski definition) is 3. The third kappa shape index (κ3) is 4.27. The second-order valence-electron chi connectivity index (χ2n) is 5.32. The quantitative estimate of drug-likeness (QED) is 0.808. The molecule has 104 valence electrons. The lowest BCUT2D eigenvalue weighted by Gasteiger charge is -2.32. The van der Waals surface area contributed by atoms with E-state index in [0.717, 1.165) is 31.6 Å². The van der Waals surface area contributed by atoms with Gasteiger partial charge in [-0.2, -0.15) is 0 Å². The van der Waals surface area contributed by atoms with Crippen molar-refractivity contribution in [2.45, 2.75) is 25.8 Å². The minimum absolute atomic E-state index is 0.307. The maximum atomic E-state index is 9.03. The van der Waals surface area contributed by atoms with Gasteiger partial charge in [-0.3, -0.25) is 4.90 Å². The molecule has 1 aliphatic rings. The van der Waals surface area contributed by atoms with Gasteiger partial charge in [-0.25, -0.2) is 0 Å². The lowest BCUT2D eigenvalue weighted by molar-refractivity contribution is 0.142. The van der Waals surface area contributed by atoms with Gasteiger partial charge < -0.3 is 10.8 Å². The van der Waals surface area contributed by atoms with Gasteiger partial charge >= 0.3 is 0 Å². The van der Waals surface area contributed by atoms with E-state index in [-0.39, 0.29) is 0 Å². The third-order valence-electron chi connectivity index (χ3n) is 3.79. The van der Waals surface area contributed by atoms with Crippen molar-refractivity contribution in [1.29, 1.82) is 0 Å². The van der Waals surface area contributed by atoms with Crippen molar-refractivity contribution in [2.75, 3.05) is 19.7 Å². The molecule has 1 aromatic rings. The van der Waals surface area contributed by atoms with E-state index in [1.807, 2.05) is 12.1 Å². The summed E-state index contributed by atoms with van der Waals surface area (Å²) in [5.41, 5.74) is 7.82. The Kier molecular flexibility index (Phi) is 5.31. The second-order valence-corrected chi connectivity index (χ2v) is 5.76. The van der Waals surface area contributed by atoms with Crippen LogP contribution in [0.1, 0.15) is 30.4 Å². The Hall–Kier alpha value is -0.970. The Morgan fingerprint density at radius 1 is 1.37 bits per heavy atom. The van der Waals surface area contributed by atoms with E-state index >= 15 is 0 Å². The largest absolute Gasteiger partial charge is 0.396 e. The van der Waals surface area contributed by atoms with Gasteiger partial charge in [0.2, 0.25) is 0 Å². The highest BCUT2D eigenvalue weighted by atomic mass is 32.1. The highest BCUT2D eigenvalue weighted by Crippen LogP contribution is 2.21. The van der Waals surface area contributed by atoms with Gasteiger partial charge in [-0.15, -0.1) is 0 Å². The van der Waals surface area contributed by atoms with Crippen molar-refractivity contribution in [3.63, 3.8) is 0 Å². The molecule has 1 atom stereocenters. The van der Waals surface area contributed by atoms with Crippen LogP contribution in [0, 0.1) is 5.92 Å². The number of rotatable bonds is 5. The summed E-state index contributed by atoms with van der Waals surface area (Å²) < 4.78 is 0. The normalized spacial score (nSPS) is 20.4. The van der Waals surface area contributed by atoms with E-state index in [1.165, 1.54) is 18.4 Å². The average molecular weight is 278 g/mol. The Morgan fingerprint density at radius 2 is 2.11 bits per heavy atom. The summed E-state index contributed by atoms with van der Waals surface area (Å²) in [6.07, 6.45) is 3.41. The molecular weight excluding hydrogens is 256 g/mol. The van der Waals surface area contributed by atoms with Crippen molar-refractivity contribution in [2.24, 2.45) is 11.7 Å². The number of nitrogens with zero attached hydrogens (tertiary/aromatic N) is 1. The van der Waals surface area contributed by atoms with Gasteiger partial charge in [0.25, 0.3) is 0 Å². The van der Waals surface area contributed by atoms with Crippen LogP contribution < -0.4 is 5.73 Å². The minimum Gasteiger partial charge on any atom is -0.396 e. The van der Waals surface area contributed by atoms with Gasteiger partial charge in [0.05, 0.1) is 0 Å². The molecule has 2 rings (SSSR count). The zero-order valence-electron chi connectivity index (χ0n) is 11.2. The topological polar surface area (TPSA) is 49.5 Å². The number of likely N-dealkylation sites (tertiary alicyclic amines) is 1. The molecule has 1 unspecified atom stereocenters. The van der Waals surface area contributed by atoms with Gasteiger partial charge in [-0.05, 0) is 37.3 Å². The Bertz CT molecular complexity index is 417. The summed E-state index contributed by atoms with van der Waals surface area (Å²) in [7, 11) is 0. The Labute approximate surface area is 120 Å². The number of thiocarbonyl (C=S) groups is 1. The lowest BCUT2D eigenvalue weighted by Crippen LogP contribution is -2.35. The first-order chi connectivity index (χ1) is 9.19. The Balaban J connectivity index is 1.91. The molecule has 0 bridgehead atoms. The minimum atomic E-state index is 0.307. The fourth-order valence-electron chi connectivity index (χ4n) is 2.75. The zero-order chi connectivity index (χ0) is 13.7. The first-order valence-corrected chi connectivity index (χ1v) is 7.32. The number of piperidine rings is 1. The first-order valence-electron chi connectivity index (χ1n) is 6.91. The summed E-state index contributed by atoms with van der Waals surface area (Å²) >= 11 is 4.95. The second kappa shape index (κ2) is 6.98. The molecule has 0 spiro atoms. The molecule has 19 heavy (non-hydrogen) atoms. The molecule has 0 aromatic heterocycles. The zero-order valence-corrected chi connectivity index (χ0v) is 12.0. The molecule has 3 N–H and O–H groups in total. The predicted octanol–water partition coefficient (Wildman–Crippen LogP) is 1.92. The first kappa shape index (κ1) is 14.4. The molecule has 0 saturated carbocycles. The van der Waals surface area contributed by atoms with E-state index < -0.39 is 0 Å². The molecule has 3 nitrogen and oxygen atoms in total. The molecule has 1 heterocycles. The predicted molar refractivity (Wildman–Crippen MR) is 82.0 cm³/mol. The number of aliphatic hydroxyl groups is 1. The standard InChI is InChI=1S/C15H22N2OS/c16-15(19)14-5-3-13(4-6-14)11-17-8-1-2-12(10-17)7-9-18/h3-6,12,18H,1-2,7-11H2,(H2,16,19). The fraction of sp³-hybridized carbons (Fsp3) is 0.533. The molecule has 1 fully saturated rings.